The number of nitrogen functional groups attached to an aromatic ring is 1. The van der Waals surface area contributed by atoms with Crippen LogP contribution in [0.2, 0.25) is 0 Å². The van der Waals surface area contributed by atoms with Gasteiger partial charge in [-0.15, -0.1) is 0 Å². The lowest BCUT2D eigenvalue weighted by Crippen LogP contribution is -2.25. The Bertz CT molecular complexity index is 426. The lowest BCUT2D eigenvalue weighted by atomic mass is 10.1. The molecule has 4 heteroatoms. The minimum atomic E-state index is -0.00407. The van der Waals surface area contributed by atoms with E-state index in [-0.39, 0.29) is 12.0 Å². The van der Waals surface area contributed by atoms with Crippen LogP contribution >= 0.6 is 0 Å². The van der Waals surface area contributed by atoms with E-state index in [9.17, 15) is 4.79 Å². The van der Waals surface area contributed by atoms with E-state index in [1.165, 1.54) is 0 Å². The fraction of sp³-hybridized carbons (Fsp3) is 0.500. The standard InChI is InChI=1S/C14H20N2O2/c1-10-12(15)6-4-7-13(10)16-14(17)9-11-5-2-3-8-18-11/h4,6-7,11H,2-3,5,8-9,15H2,1H3,(H,16,17). The lowest BCUT2D eigenvalue weighted by molar-refractivity contribution is -0.119. The normalized spacial score (nSPS) is 19.5. The van der Waals surface area contributed by atoms with Crippen LogP contribution in [-0.2, 0) is 9.53 Å². The molecule has 0 bridgehead atoms. The molecule has 1 aromatic carbocycles. The first-order valence-corrected chi connectivity index (χ1v) is 6.43. The molecule has 1 unspecified atom stereocenters. The molecule has 1 saturated heterocycles. The second-order valence-corrected chi connectivity index (χ2v) is 4.76. The predicted molar refractivity (Wildman–Crippen MR) is 72.4 cm³/mol. The SMILES string of the molecule is Cc1c(N)cccc1NC(=O)CC1CCCCO1. The number of carbonyl (C=O) groups excluding carboxylic acids is 1. The van der Waals surface area contributed by atoms with Gasteiger partial charge in [-0.05, 0) is 43.9 Å². The quantitative estimate of drug-likeness (QED) is 0.808. The summed E-state index contributed by atoms with van der Waals surface area (Å²) in [4.78, 5) is 11.9. The summed E-state index contributed by atoms with van der Waals surface area (Å²) in [7, 11) is 0. The van der Waals surface area contributed by atoms with Crippen molar-refractivity contribution in [2.24, 2.45) is 0 Å². The first-order valence-electron chi connectivity index (χ1n) is 6.43. The molecule has 18 heavy (non-hydrogen) atoms. The molecule has 1 aromatic rings. The van der Waals surface area contributed by atoms with Crippen molar-refractivity contribution in [1.29, 1.82) is 0 Å². The highest BCUT2D eigenvalue weighted by Gasteiger charge is 2.18. The van der Waals surface area contributed by atoms with Crippen LogP contribution in [0.15, 0.2) is 18.2 Å². The zero-order valence-electron chi connectivity index (χ0n) is 10.7. The Morgan fingerprint density at radius 3 is 3.06 bits per heavy atom. The highest BCUT2D eigenvalue weighted by Crippen LogP contribution is 2.21. The van der Waals surface area contributed by atoms with E-state index >= 15 is 0 Å². The monoisotopic (exact) mass is 248 g/mol. The highest BCUT2D eigenvalue weighted by atomic mass is 16.5. The zero-order valence-corrected chi connectivity index (χ0v) is 10.7. The van der Waals surface area contributed by atoms with Gasteiger partial charge in [0, 0.05) is 18.0 Å². The molecule has 98 valence electrons. The zero-order chi connectivity index (χ0) is 13.0. The van der Waals surface area contributed by atoms with Crippen LogP contribution in [0, 0.1) is 6.92 Å². The lowest BCUT2D eigenvalue weighted by Gasteiger charge is -2.22. The molecular weight excluding hydrogens is 228 g/mol. The topological polar surface area (TPSA) is 64.3 Å². The summed E-state index contributed by atoms with van der Waals surface area (Å²) < 4.78 is 5.55. The molecule has 0 aromatic heterocycles. The third-order valence-electron chi connectivity index (χ3n) is 3.34. The van der Waals surface area contributed by atoms with Crippen molar-refractivity contribution >= 4 is 17.3 Å². The Hall–Kier alpha value is -1.55. The van der Waals surface area contributed by atoms with E-state index < -0.39 is 0 Å². The van der Waals surface area contributed by atoms with Crippen LogP contribution in [0.1, 0.15) is 31.2 Å². The van der Waals surface area contributed by atoms with Gasteiger partial charge in [0.15, 0.2) is 0 Å². The summed E-state index contributed by atoms with van der Waals surface area (Å²) in [5.41, 5.74) is 8.20. The fourth-order valence-corrected chi connectivity index (χ4v) is 2.17. The molecular formula is C14H20N2O2. The molecule has 4 nitrogen and oxygen atoms in total. The minimum Gasteiger partial charge on any atom is -0.398 e. The number of nitrogens with one attached hydrogen (secondary N) is 1. The van der Waals surface area contributed by atoms with Gasteiger partial charge in [0.1, 0.15) is 0 Å². The third-order valence-corrected chi connectivity index (χ3v) is 3.34. The fourth-order valence-electron chi connectivity index (χ4n) is 2.17. The van der Waals surface area contributed by atoms with E-state index in [2.05, 4.69) is 5.32 Å². The number of ether oxygens (including phenoxy) is 1. The van der Waals surface area contributed by atoms with Gasteiger partial charge in [-0.25, -0.2) is 0 Å². The highest BCUT2D eigenvalue weighted by molar-refractivity contribution is 5.92. The predicted octanol–water partition coefficient (Wildman–Crippen LogP) is 2.47. The van der Waals surface area contributed by atoms with Crippen LogP contribution in [0.25, 0.3) is 0 Å². The summed E-state index contributed by atoms with van der Waals surface area (Å²) in [6.07, 6.45) is 3.72. The first-order chi connectivity index (χ1) is 8.66. The maximum atomic E-state index is 11.9. The Kier molecular flexibility index (Phi) is 4.20. The van der Waals surface area contributed by atoms with Crippen LogP contribution in [-0.4, -0.2) is 18.6 Å². The molecule has 1 atom stereocenters. The van der Waals surface area contributed by atoms with Crippen molar-refractivity contribution in [3.63, 3.8) is 0 Å². The van der Waals surface area contributed by atoms with Gasteiger partial charge in [-0.1, -0.05) is 6.07 Å². The van der Waals surface area contributed by atoms with Gasteiger partial charge >= 0.3 is 0 Å². The van der Waals surface area contributed by atoms with E-state index in [4.69, 9.17) is 10.5 Å². The number of hydrogen-bond acceptors (Lipinski definition) is 3. The second kappa shape index (κ2) is 5.87. The summed E-state index contributed by atoms with van der Waals surface area (Å²) in [5.74, 6) is -0.00407. The third kappa shape index (κ3) is 3.23. The average molecular weight is 248 g/mol. The summed E-state index contributed by atoms with van der Waals surface area (Å²) in [6, 6.07) is 5.54. The van der Waals surface area contributed by atoms with Gasteiger partial charge in [-0.3, -0.25) is 4.79 Å². The molecule has 3 N–H and O–H groups in total. The number of rotatable bonds is 3. The number of hydrogen-bond donors (Lipinski definition) is 2. The van der Waals surface area contributed by atoms with Gasteiger partial charge in [-0.2, -0.15) is 0 Å². The largest absolute Gasteiger partial charge is 0.398 e. The summed E-state index contributed by atoms with van der Waals surface area (Å²) in [6.45, 7) is 2.68. The van der Waals surface area contributed by atoms with Crippen LogP contribution in [0.4, 0.5) is 11.4 Å². The Morgan fingerprint density at radius 2 is 2.33 bits per heavy atom. The molecule has 1 aliphatic rings. The van der Waals surface area contributed by atoms with Crippen molar-refractivity contribution in [2.75, 3.05) is 17.7 Å². The number of benzene rings is 1. The Labute approximate surface area is 108 Å². The Balaban J connectivity index is 1.92. The van der Waals surface area contributed by atoms with Gasteiger partial charge in [0.25, 0.3) is 0 Å². The van der Waals surface area contributed by atoms with Crippen LogP contribution < -0.4 is 11.1 Å². The molecule has 1 aliphatic heterocycles. The summed E-state index contributed by atoms with van der Waals surface area (Å²) in [5, 5.41) is 2.90. The van der Waals surface area contributed by atoms with E-state index in [1.807, 2.05) is 25.1 Å². The molecule has 0 spiro atoms. The van der Waals surface area contributed by atoms with Crippen molar-refractivity contribution in [2.45, 2.75) is 38.7 Å². The van der Waals surface area contributed by atoms with E-state index in [0.717, 1.165) is 37.1 Å². The van der Waals surface area contributed by atoms with Crippen LogP contribution in [0.5, 0.6) is 0 Å². The van der Waals surface area contributed by atoms with E-state index in [0.29, 0.717) is 12.1 Å². The van der Waals surface area contributed by atoms with Gasteiger partial charge in [0.05, 0.1) is 12.5 Å². The number of amides is 1. The smallest absolute Gasteiger partial charge is 0.226 e. The first kappa shape index (κ1) is 12.9. The van der Waals surface area contributed by atoms with Crippen molar-refractivity contribution in [3.8, 4) is 0 Å². The molecule has 1 amide bonds. The Morgan fingerprint density at radius 1 is 1.50 bits per heavy atom. The second-order valence-electron chi connectivity index (χ2n) is 4.76. The van der Waals surface area contributed by atoms with Crippen LogP contribution in [0.3, 0.4) is 0 Å². The van der Waals surface area contributed by atoms with Gasteiger partial charge in [0.2, 0.25) is 5.91 Å². The molecule has 1 fully saturated rings. The molecule has 2 rings (SSSR count). The maximum Gasteiger partial charge on any atom is 0.226 e. The average Bonchev–Trinajstić information content (AvgIpc) is 2.36. The molecule has 0 saturated carbocycles. The minimum absolute atomic E-state index is 0.00407. The number of anilines is 2. The van der Waals surface area contributed by atoms with Gasteiger partial charge < -0.3 is 15.8 Å². The van der Waals surface area contributed by atoms with Crippen molar-refractivity contribution < 1.29 is 9.53 Å². The van der Waals surface area contributed by atoms with Crippen molar-refractivity contribution in [3.05, 3.63) is 23.8 Å². The summed E-state index contributed by atoms with van der Waals surface area (Å²) >= 11 is 0. The molecule has 0 radical (unpaired) electrons. The maximum absolute atomic E-state index is 11.9. The molecule has 0 aliphatic carbocycles. The van der Waals surface area contributed by atoms with Crippen molar-refractivity contribution in [1.82, 2.24) is 0 Å². The number of nitrogens with two attached hydrogens (primary N) is 1. The van der Waals surface area contributed by atoms with E-state index in [1.54, 1.807) is 0 Å². The molecule has 1 heterocycles. The number of carbonyl (C=O) groups is 1.